The lowest BCUT2D eigenvalue weighted by Crippen LogP contribution is -2.29. The summed E-state index contributed by atoms with van der Waals surface area (Å²) >= 11 is 6.15. The van der Waals surface area contributed by atoms with Crippen LogP contribution >= 0.6 is 11.6 Å². The molecule has 0 radical (unpaired) electrons. The van der Waals surface area contributed by atoms with Gasteiger partial charge in [-0.05, 0) is 53.9 Å². The highest BCUT2D eigenvalue weighted by molar-refractivity contribution is 6.31. The minimum Gasteiger partial charge on any atom is -0.319 e. The SMILES string of the molecule is CC(C)c1cc(F)c(NC(=O)c2ccnn(-c3ccc(F)cc3)c2=O)cc1Cl. The van der Waals surface area contributed by atoms with Crippen molar-refractivity contribution in [3.05, 3.63) is 86.8 Å². The van der Waals surface area contributed by atoms with Gasteiger partial charge in [-0.15, -0.1) is 0 Å². The smallest absolute Gasteiger partial charge is 0.284 e. The van der Waals surface area contributed by atoms with E-state index in [-0.39, 0.29) is 22.9 Å². The van der Waals surface area contributed by atoms with E-state index in [0.717, 1.165) is 4.68 Å². The molecule has 0 atom stereocenters. The zero-order valence-electron chi connectivity index (χ0n) is 15.0. The summed E-state index contributed by atoms with van der Waals surface area (Å²) in [6.45, 7) is 3.74. The summed E-state index contributed by atoms with van der Waals surface area (Å²) in [4.78, 5) is 25.1. The molecule has 1 N–H and O–H groups in total. The minimum absolute atomic E-state index is 0.00913. The molecule has 5 nitrogen and oxygen atoms in total. The van der Waals surface area contributed by atoms with E-state index in [1.807, 2.05) is 13.8 Å². The molecule has 0 fully saturated rings. The summed E-state index contributed by atoms with van der Waals surface area (Å²) in [5.74, 6) is -1.93. The molecule has 0 saturated heterocycles. The Morgan fingerprint density at radius 2 is 1.82 bits per heavy atom. The van der Waals surface area contributed by atoms with Crippen molar-refractivity contribution in [2.45, 2.75) is 19.8 Å². The second-order valence-corrected chi connectivity index (χ2v) is 6.81. The van der Waals surface area contributed by atoms with Crippen molar-refractivity contribution in [2.75, 3.05) is 5.32 Å². The van der Waals surface area contributed by atoms with Gasteiger partial charge in [0.15, 0.2) is 0 Å². The highest BCUT2D eigenvalue weighted by Crippen LogP contribution is 2.29. The predicted molar refractivity (Wildman–Crippen MR) is 103 cm³/mol. The van der Waals surface area contributed by atoms with Crippen molar-refractivity contribution in [1.82, 2.24) is 9.78 Å². The molecule has 1 amide bonds. The van der Waals surface area contributed by atoms with Gasteiger partial charge in [0, 0.05) is 11.2 Å². The van der Waals surface area contributed by atoms with E-state index in [9.17, 15) is 18.4 Å². The first-order valence-electron chi connectivity index (χ1n) is 8.42. The zero-order chi connectivity index (χ0) is 20.4. The molecule has 0 saturated carbocycles. The van der Waals surface area contributed by atoms with Gasteiger partial charge in [0.1, 0.15) is 17.2 Å². The molecule has 0 aliphatic carbocycles. The molecule has 1 aromatic heterocycles. The summed E-state index contributed by atoms with van der Waals surface area (Å²) in [5.41, 5.74) is -0.208. The van der Waals surface area contributed by atoms with E-state index >= 15 is 0 Å². The Morgan fingerprint density at radius 1 is 1.14 bits per heavy atom. The van der Waals surface area contributed by atoms with Crippen molar-refractivity contribution in [3.8, 4) is 5.69 Å². The van der Waals surface area contributed by atoms with Crippen LogP contribution in [0, 0.1) is 11.6 Å². The van der Waals surface area contributed by atoms with Crippen LogP contribution in [0.25, 0.3) is 5.69 Å². The Kier molecular flexibility index (Phi) is 5.56. The molecule has 8 heteroatoms. The third-order valence-electron chi connectivity index (χ3n) is 4.12. The maximum atomic E-state index is 14.3. The molecule has 1 heterocycles. The fourth-order valence-corrected chi connectivity index (χ4v) is 3.02. The predicted octanol–water partition coefficient (Wildman–Crippen LogP) is 4.54. The third kappa shape index (κ3) is 3.94. The number of aromatic nitrogens is 2. The molecule has 0 aliphatic rings. The van der Waals surface area contributed by atoms with Crippen LogP contribution < -0.4 is 10.9 Å². The highest BCUT2D eigenvalue weighted by atomic mass is 35.5. The fraction of sp³-hybridized carbons (Fsp3) is 0.150. The first kappa shape index (κ1) is 19.7. The van der Waals surface area contributed by atoms with Gasteiger partial charge in [-0.3, -0.25) is 9.59 Å². The Bertz CT molecular complexity index is 1100. The number of amides is 1. The van der Waals surface area contributed by atoms with E-state index in [4.69, 9.17) is 11.6 Å². The molecule has 3 aromatic rings. The molecule has 0 aliphatic heterocycles. The average Bonchev–Trinajstić information content (AvgIpc) is 2.65. The van der Waals surface area contributed by atoms with Crippen LogP contribution in [0.5, 0.6) is 0 Å². The van der Waals surface area contributed by atoms with E-state index in [2.05, 4.69) is 10.4 Å². The molecule has 0 unspecified atom stereocenters. The van der Waals surface area contributed by atoms with Crippen LogP contribution in [0.15, 0.2) is 53.5 Å². The lowest BCUT2D eigenvalue weighted by atomic mass is 10.0. The van der Waals surface area contributed by atoms with E-state index < -0.39 is 23.1 Å². The quantitative estimate of drug-likeness (QED) is 0.695. The van der Waals surface area contributed by atoms with Crippen LogP contribution in [0.2, 0.25) is 5.02 Å². The first-order chi connectivity index (χ1) is 13.3. The summed E-state index contributed by atoms with van der Waals surface area (Å²) in [6, 6.07) is 8.84. The minimum atomic E-state index is -0.810. The number of carbonyl (C=O) groups excluding carboxylic acids is 1. The van der Waals surface area contributed by atoms with Crippen LogP contribution in [-0.4, -0.2) is 15.7 Å². The second-order valence-electron chi connectivity index (χ2n) is 6.40. The van der Waals surface area contributed by atoms with Gasteiger partial charge in [-0.1, -0.05) is 25.4 Å². The third-order valence-corrected chi connectivity index (χ3v) is 4.45. The fourth-order valence-electron chi connectivity index (χ4n) is 2.64. The second kappa shape index (κ2) is 7.90. The molecule has 144 valence electrons. The Morgan fingerprint density at radius 3 is 2.46 bits per heavy atom. The Hall–Kier alpha value is -3.06. The highest BCUT2D eigenvalue weighted by Gasteiger charge is 2.17. The lowest BCUT2D eigenvalue weighted by Gasteiger charge is -2.12. The zero-order valence-corrected chi connectivity index (χ0v) is 15.8. The molecule has 2 aromatic carbocycles. The number of benzene rings is 2. The summed E-state index contributed by atoms with van der Waals surface area (Å²) < 4.78 is 28.4. The number of nitrogens with one attached hydrogen (secondary N) is 1. The number of nitrogens with zero attached hydrogens (tertiary/aromatic N) is 2. The molecule has 28 heavy (non-hydrogen) atoms. The van der Waals surface area contributed by atoms with Crippen LogP contribution in [-0.2, 0) is 0 Å². The number of anilines is 1. The van der Waals surface area contributed by atoms with Crippen molar-refractivity contribution >= 4 is 23.2 Å². The van der Waals surface area contributed by atoms with Gasteiger partial charge in [0.05, 0.1) is 11.4 Å². The maximum absolute atomic E-state index is 14.3. The molecular weight excluding hydrogens is 388 g/mol. The maximum Gasteiger partial charge on any atom is 0.284 e. The number of rotatable bonds is 4. The van der Waals surface area contributed by atoms with Gasteiger partial charge in [-0.2, -0.15) is 9.78 Å². The van der Waals surface area contributed by atoms with Crippen molar-refractivity contribution < 1.29 is 13.6 Å². The van der Waals surface area contributed by atoms with Crippen LogP contribution in [0.3, 0.4) is 0 Å². The van der Waals surface area contributed by atoms with Gasteiger partial charge < -0.3 is 5.32 Å². The number of halogens is 3. The topological polar surface area (TPSA) is 64.0 Å². The number of hydrogen-bond acceptors (Lipinski definition) is 3. The van der Waals surface area contributed by atoms with Gasteiger partial charge >= 0.3 is 0 Å². The number of carbonyl (C=O) groups is 1. The Labute approximate surface area is 164 Å². The lowest BCUT2D eigenvalue weighted by molar-refractivity contribution is 0.102. The monoisotopic (exact) mass is 403 g/mol. The summed E-state index contributed by atoms with van der Waals surface area (Å²) in [5, 5.41) is 6.57. The normalized spacial score (nSPS) is 10.9. The van der Waals surface area contributed by atoms with Crippen molar-refractivity contribution in [3.63, 3.8) is 0 Å². The molecule has 0 spiro atoms. The summed E-state index contributed by atoms with van der Waals surface area (Å²) in [6.07, 6.45) is 1.25. The molecule has 3 rings (SSSR count). The standard InChI is InChI=1S/C20H16ClF2N3O2/c1-11(2)15-9-17(23)18(10-16(15)21)25-19(27)14-7-8-24-26(20(14)28)13-5-3-12(22)4-6-13/h3-11H,1-2H3,(H,25,27). The van der Waals surface area contributed by atoms with Crippen molar-refractivity contribution in [2.24, 2.45) is 0 Å². The van der Waals surface area contributed by atoms with Crippen LogP contribution in [0.4, 0.5) is 14.5 Å². The first-order valence-corrected chi connectivity index (χ1v) is 8.80. The van der Waals surface area contributed by atoms with E-state index in [1.165, 1.54) is 48.7 Å². The Balaban J connectivity index is 1.94. The average molecular weight is 404 g/mol. The van der Waals surface area contributed by atoms with E-state index in [1.54, 1.807) is 0 Å². The van der Waals surface area contributed by atoms with Gasteiger partial charge in [-0.25, -0.2) is 8.78 Å². The van der Waals surface area contributed by atoms with Crippen molar-refractivity contribution in [1.29, 1.82) is 0 Å². The summed E-state index contributed by atoms with van der Waals surface area (Å²) in [7, 11) is 0. The van der Waals surface area contributed by atoms with Gasteiger partial charge in [0.2, 0.25) is 0 Å². The van der Waals surface area contributed by atoms with E-state index in [0.29, 0.717) is 10.6 Å². The van der Waals surface area contributed by atoms with Crippen LogP contribution in [0.1, 0.15) is 35.7 Å². The number of hydrogen-bond donors (Lipinski definition) is 1. The molecule has 0 bridgehead atoms. The van der Waals surface area contributed by atoms with Gasteiger partial charge in [0.25, 0.3) is 11.5 Å². The largest absolute Gasteiger partial charge is 0.319 e. The molecular formula is C20H16ClF2N3O2.